The molecule has 0 aliphatic carbocycles. The van der Waals surface area contributed by atoms with Crippen LogP contribution < -0.4 is 0 Å². The van der Waals surface area contributed by atoms with Gasteiger partial charge in [-0.15, -0.1) is 0 Å². The summed E-state index contributed by atoms with van der Waals surface area (Å²) in [5.74, 6) is 0. The minimum absolute atomic E-state index is 0.0978. The van der Waals surface area contributed by atoms with Gasteiger partial charge in [-0.25, -0.2) is 8.42 Å². The molecule has 8 nitrogen and oxygen atoms in total. The third-order valence-corrected chi connectivity index (χ3v) is 6.42. The minimum atomic E-state index is -3.60. The number of nitro benzene ring substituents is 1. The molecule has 1 unspecified atom stereocenters. The highest BCUT2D eigenvalue weighted by molar-refractivity contribution is 7.89. The van der Waals surface area contributed by atoms with Crippen molar-refractivity contribution in [2.45, 2.75) is 23.8 Å². The van der Waals surface area contributed by atoms with Crippen molar-refractivity contribution >= 4 is 15.7 Å². The zero-order valence-electron chi connectivity index (χ0n) is 13.3. The molecule has 0 N–H and O–H groups in total. The number of nitrogens with zero attached hydrogens (tertiary/aromatic N) is 3. The van der Waals surface area contributed by atoms with Gasteiger partial charge in [-0.1, -0.05) is 0 Å². The molecule has 3 rings (SSSR count). The highest BCUT2D eigenvalue weighted by Crippen LogP contribution is 2.21. The first-order chi connectivity index (χ1) is 11.5. The summed E-state index contributed by atoms with van der Waals surface area (Å²) in [7, 11) is -3.60. The quantitative estimate of drug-likeness (QED) is 0.580. The Labute approximate surface area is 141 Å². The molecule has 0 radical (unpaired) electrons. The summed E-state index contributed by atoms with van der Waals surface area (Å²) in [5, 5.41) is 10.7. The second-order valence-corrected chi connectivity index (χ2v) is 8.03. The van der Waals surface area contributed by atoms with Crippen LogP contribution in [-0.2, 0) is 14.8 Å². The van der Waals surface area contributed by atoms with Crippen LogP contribution in [-0.4, -0.2) is 68.0 Å². The second-order valence-electron chi connectivity index (χ2n) is 6.09. The van der Waals surface area contributed by atoms with E-state index in [2.05, 4.69) is 4.90 Å². The van der Waals surface area contributed by atoms with E-state index in [9.17, 15) is 18.5 Å². The van der Waals surface area contributed by atoms with Gasteiger partial charge in [-0.2, -0.15) is 4.31 Å². The first kappa shape index (κ1) is 17.3. The third-order valence-electron chi connectivity index (χ3n) is 4.50. The molecule has 1 atom stereocenters. The predicted octanol–water partition coefficient (Wildman–Crippen LogP) is 1.08. The standard InChI is InChI=1S/C15H21N3O5S/c19-18(20)13-3-5-15(6-4-13)24(21,22)17-9-7-16(8-10-17)12-14-2-1-11-23-14/h3-6,14H,1-2,7-12H2. The van der Waals surface area contributed by atoms with E-state index >= 15 is 0 Å². The van der Waals surface area contributed by atoms with Gasteiger partial charge in [0.15, 0.2) is 0 Å². The van der Waals surface area contributed by atoms with E-state index in [-0.39, 0.29) is 16.7 Å². The molecule has 0 aromatic heterocycles. The van der Waals surface area contributed by atoms with E-state index in [0.29, 0.717) is 26.2 Å². The number of ether oxygens (including phenoxy) is 1. The van der Waals surface area contributed by atoms with Crippen molar-refractivity contribution in [1.82, 2.24) is 9.21 Å². The first-order valence-corrected chi connectivity index (χ1v) is 9.49. The van der Waals surface area contributed by atoms with Crippen LogP contribution in [0.4, 0.5) is 5.69 Å². The fraction of sp³-hybridized carbons (Fsp3) is 0.600. The van der Waals surface area contributed by atoms with Gasteiger partial charge in [0.05, 0.1) is 15.9 Å². The predicted molar refractivity (Wildman–Crippen MR) is 87.3 cm³/mol. The van der Waals surface area contributed by atoms with Crippen LogP contribution in [0, 0.1) is 10.1 Å². The van der Waals surface area contributed by atoms with Crippen LogP contribution in [0.15, 0.2) is 29.2 Å². The molecular formula is C15H21N3O5S. The summed E-state index contributed by atoms with van der Waals surface area (Å²) in [4.78, 5) is 12.5. The number of hydrogen-bond donors (Lipinski definition) is 0. The second kappa shape index (κ2) is 7.14. The molecule has 2 aliphatic rings. The lowest BCUT2D eigenvalue weighted by Gasteiger charge is -2.34. The number of nitro groups is 1. The van der Waals surface area contributed by atoms with Crippen LogP contribution in [0.3, 0.4) is 0 Å². The maximum atomic E-state index is 12.6. The van der Waals surface area contributed by atoms with E-state index < -0.39 is 14.9 Å². The van der Waals surface area contributed by atoms with Crippen LogP contribution >= 0.6 is 0 Å². The van der Waals surface area contributed by atoms with Gasteiger partial charge in [-0.3, -0.25) is 15.0 Å². The van der Waals surface area contributed by atoms with Gasteiger partial charge in [-0.05, 0) is 25.0 Å². The molecular weight excluding hydrogens is 334 g/mol. The molecule has 0 saturated carbocycles. The Kier molecular flexibility index (Phi) is 5.14. The molecule has 0 spiro atoms. The zero-order chi connectivity index (χ0) is 17.2. The number of piperazine rings is 1. The van der Waals surface area contributed by atoms with Crippen LogP contribution in [0.25, 0.3) is 0 Å². The molecule has 24 heavy (non-hydrogen) atoms. The van der Waals surface area contributed by atoms with E-state index in [1.165, 1.54) is 28.6 Å². The lowest BCUT2D eigenvalue weighted by molar-refractivity contribution is -0.384. The third kappa shape index (κ3) is 3.75. The van der Waals surface area contributed by atoms with E-state index in [1.807, 2.05) is 0 Å². The van der Waals surface area contributed by atoms with Crippen molar-refractivity contribution in [2.75, 3.05) is 39.3 Å². The largest absolute Gasteiger partial charge is 0.377 e. The molecule has 0 amide bonds. The smallest absolute Gasteiger partial charge is 0.269 e. The van der Waals surface area contributed by atoms with Gasteiger partial charge in [0.2, 0.25) is 10.0 Å². The average Bonchev–Trinajstić information content (AvgIpc) is 3.08. The average molecular weight is 355 g/mol. The maximum Gasteiger partial charge on any atom is 0.269 e. The molecule has 2 aliphatic heterocycles. The Morgan fingerprint density at radius 3 is 2.38 bits per heavy atom. The summed E-state index contributed by atoms with van der Waals surface area (Å²) in [6, 6.07) is 5.04. The molecule has 2 saturated heterocycles. The topological polar surface area (TPSA) is 93.0 Å². The molecule has 1 aromatic carbocycles. The zero-order valence-corrected chi connectivity index (χ0v) is 14.2. The Balaban J connectivity index is 1.60. The highest BCUT2D eigenvalue weighted by Gasteiger charge is 2.30. The first-order valence-electron chi connectivity index (χ1n) is 8.05. The van der Waals surface area contributed by atoms with Crippen molar-refractivity contribution < 1.29 is 18.1 Å². The van der Waals surface area contributed by atoms with Crippen molar-refractivity contribution in [1.29, 1.82) is 0 Å². The lowest BCUT2D eigenvalue weighted by atomic mass is 10.2. The van der Waals surface area contributed by atoms with Crippen LogP contribution in [0.1, 0.15) is 12.8 Å². The molecule has 9 heteroatoms. The van der Waals surface area contributed by atoms with Gasteiger partial charge < -0.3 is 4.74 Å². The van der Waals surface area contributed by atoms with E-state index in [0.717, 1.165) is 26.0 Å². The van der Waals surface area contributed by atoms with Crippen LogP contribution in [0.2, 0.25) is 0 Å². The fourth-order valence-corrected chi connectivity index (χ4v) is 4.54. The van der Waals surface area contributed by atoms with Gasteiger partial charge in [0.25, 0.3) is 5.69 Å². The Bertz CT molecular complexity index is 678. The van der Waals surface area contributed by atoms with E-state index in [4.69, 9.17) is 4.74 Å². The van der Waals surface area contributed by atoms with Crippen molar-refractivity contribution in [2.24, 2.45) is 0 Å². The molecule has 132 valence electrons. The van der Waals surface area contributed by atoms with Crippen molar-refractivity contribution in [3.05, 3.63) is 34.4 Å². The highest BCUT2D eigenvalue weighted by atomic mass is 32.2. The van der Waals surface area contributed by atoms with Gasteiger partial charge in [0, 0.05) is 51.5 Å². The molecule has 1 aromatic rings. The molecule has 0 bridgehead atoms. The Morgan fingerprint density at radius 2 is 1.83 bits per heavy atom. The summed E-state index contributed by atoms with van der Waals surface area (Å²) < 4.78 is 32.3. The Hall–Kier alpha value is -1.55. The normalized spacial score (nSPS) is 23.4. The molecule has 2 fully saturated rings. The summed E-state index contributed by atoms with van der Waals surface area (Å²) in [6.45, 7) is 3.86. The maximum absolute atomic E-state index is 12.6. The Morgan fingerprint density at radius 1 is 1.17 bits per heavy atom. The SMILES string of the molecule is O=[N+]([O-])c1ccc(S(=O)(=O)N2CCN(CC3CCCO3)CC2)cc1. The number of hydrogen-bond acceptors (Lipinski definition) is 6. The number of non-ortho nitro benzene ring substituents is 1. The monoisotopic (exact) mass is 355 g/mol. The van der Waals surface area contributed by atoms with Gasteiger partial charge >= 0.3 is 0 Å². The fourth-order valence-electron chi connectivity index (χ4n) is 3.12. The summed E-state index contributed by atoms with van der Waals surface area (Å²) >= 11 is 0. The summed E-state index contributed by atoms with van der Waals surface area (Å²) in [6.07, 6.45) is 2.43. The van der Waals surface area contributed by atoms with Crippen LogP contribution in [0.5, 0.6) is 0 Å². The number of rotatable bonds is 5. The van der Waals surface area contributed by atoms with Crippen molar-refractivity contribution in [3.8, 4) is 0 Å². The number of sulfonamides is 1. The summed E-state index contributed by atoms with van der Waals surface area (Å²) in [5.41, 5.74) is -0.115. The van der Waals surface area contributed by atoms with Gasteiger partial charge in [0.1, 0.15) is 0 Å². The molecule has 2 heterocycles. The number of benzene rings is 1. The lowest BCUT2D eigenvalue weighted by Crippen LogP contribution is -2.50. The van der Waals surface area contributed by atoms with E-state index in [1.54, 1.807) is 0 Å². The van der Waals surface area contributed by atoms with Crippen molar-refractivity contribution in [3.63, 3.8) is 0 Å². The minimum Gasteiger partial charge on any atom is -0.377 e.